The Morgan fingerprint density at radius 3 is 2.68 bits per heavy atom. The van der Waals surface area contributed by atoms with Crippen molar-refractivity contribution in [3.8, 4) is 0 Å². The quantitative estimate of drug-likeness (QED) is 0.607. The van der Waals surface area contributed by atoms with E-state index in [2.05, 4.69) is 78.9 Å². The van der Waals surface area contributed by atoms with Crippen LogP contribution in [-0.4, -0.2) is 23.1 Å². The van der Waals surface area contributed by atoms with Gasteiger partial charge in [-0.15, -0.1) is 0 Å². The lowest BCUT2D eigenvalue weighted by Crippen LogP contribution is -2.46. The largest absolute Gasteiger partial charge is 0.336 e. The first-order valence-corrected chi connectivity index (χ1v) is 9.44. The molecule has 2 aromatic carbocycles. The summed E-state index contributed by atoms with van der Waals surface area (Å²) < 4.78 is 2.69. The highest BCUT2D eigenvalue weighted by molar-refractivity contribution is 5.87. The van der Waals surface area contributed by atoms with Crippen molar-refractivity contribution in [1.82, 2.24) is 9.47 Å². The lowest BCUT2D eigenvalue weighted by Gasteiger charge is -2.45. The van der Waals surface area contributed by atoms with E-state index >= 15 is 0 Å². The van der Waals surface area contributed by atoms with Gasteiger partial charge in [-0.05, 0) is 50.1 Å². The first-order chi connectivity index (χ1) is 12.1. The smallest absolute Gasteiger partial charge is 0.0589 e. The van der Waals surface area contributed by atoms with Crippen LogP contribution in [0.4, 0.5) is 0 Å². The molecular formula is C23H26N2. The second kappa shape index (κ2) is 5.22. The Morgan fingerprint density at radius 2 is 1.88 bits per heavy atom. The van der Waals surface area contributed by atoms with Crippen LogP contribution in [0.2, 0.25) is 0 Å². The van der Waals surface area contributed by atoms with Gasteiger partial charge in [-0.1, -0.05) is 48.9 Å². The molecular weight excluding hydrogens is 304 g/mol. The number of aromatic nitrogens is 1. The molecule has 2 atom stereocenters. The Morgan fingerprint density at radius 1 is 1.08 bits per heavy atom. The standard InChI is InChI=1S/C23H26N2/c1-16-9-10-21-18(13-16)19-14-24(3)15-23(2)12-11-20(25(21)22(19)23)17-7-5-4-6-8-17/h4-10,13,20H,11-12,14-15H2,1-3H3. The molecule has 2 unspecified atom stereocenters. The minimum atomic E-state index is 0.264. The van der Waals surface area contributed by atoms with E-state index in [1.165, 1.54) is 34.9 Å². The van der Waals surface area contributed by atoms with E-state index in [9.17, 15) is 0 Å². The second-order valence-corrected chi connectivity index (χ2v) is 8.42. The fraction of sp³-hybridized carbons (Fsp3) is 0.391. The van der Waals surface area contributed by atoms with Crippen LogP contribution in [0.25, 0.3) is 10.9 Å². The Kier molecular flexibility index (Phi) is 3.18. The number of hydrogen-bond acceptors (Lipinski definition) is 1. The van der Waals surface area contributed by atoms with Crippen molar-refractivity contribution in [2.24, 2.45) is 0 Å². The molecule has 0 spiro atoms. The highest BCUT2D eigenvalue weighted by Gasteiger charge is 2.43. The van der Waals surface area contributed by atoms with Gasteiger partial charge < -0.3 is 9.47 Å². The van der Waals surface area contributed by atoms with Crippen LogP contribution >= 0.6 is 0 Å². The van der Waals surface area contributed by atoms with Crippen molar-refractivity contribution in [3.05, 3.63) is 70.9 Å². The average molecular weight is 330 g/mol. The lowest BCUT2D eigenvalue weighted by atomic mass is 9.73. The first kappa shape index (κ1) is 15.2. The van der Waals surface area contributed by atoms with Crippen LogP contribution in [0.15, 0.2) is 48.5 Å². The summed E-state index contributed by atoms with van der Waals surface area (Å²) in [5, 5.41) is 1.47. The Bertz CT molecular complexity index is 953. The fourth-order valence-corrected chi connectivity index (χ4v) is 5.40. The molecule has 0 bridgehead atoms. The summed E-state index contributed by atoms with van der Waals surface area (Å²) in [7, 11) is 2.27. The number of benzene rings is 2. The molecule has 0 amide bonds. The van der Waals surface area contributed by atoms with Crippen molar-refractivity contribution < 1.29 is 0 Å². The molecule has 5 rings (SSSR count). The van der Waals surface area contributed by atoms with Crippen LogP contribution < -0.4 is 0 Å². The van der Waals surface area contributed by atoms with Gasteiger partial charge in [0.2, 0.25) is 0 Å². The fourth-order valence-electron chi connectivity index (χ4n) is 5.40. The molecule has 3 aromatic rings. The zero-order valence-corrected chi connectivity index (χ0v) is 15.4. The summed E-state index contributed by atoms with van der Waals surface area (Å²) in [6, 6.07) is 18.6. The molecule has 1 aromatic heterocycles. The topological polar surface area (TPSA) is 8.17 Å². The maximum absolute atomic E-state index is 2.69. The number of fused-ring (bicyclic) bond motifs is 3. The van der Waals surface area contributed by atoms with Crippen LogP contribution in [-0.2, 0) is 12.0 Å². The van der Waals surface area contributed by atoms with Crippen molar-refractivity contribution >= 4 is 10.9 Å². The first-order valence-electron chi connectivity index (χ1n) is 9.44. The summed E-state index contributed by atoms with van der Waals surface area (Å²) in [6.45, 7) is 6.92. The van der Waals surface area contributed by atoms with Gasteiger partial charge in [0.25, 0.3) is 0 Å². The van der Waals surface area contributed by atoms with E-state index < -0.39 is 0 Å². The van der Waals surface area contributed by atoms with Gasteiger partial charge in [-0.25, -0.2) is 0 Å². The second-order valence-electron chi connectivity index (χ2n) is 8.42. The Hall–Kier alpha value is -2.06. The minimum absolute atomic E-state index is 0.264. The van der Waals surface area contributed by atoms with Gasteiger partial charge in [-0.3, -0.25) is 0 Å². The number of hydrogen-bond donors (Lipinski definition) is 0. The summed E-state index contributed by atoms with van der Waals surface area (Å²) in [5.74, 6) is 0. The molecule has 0 N–H and O–H groups in total. The third-order valence-electron chi connectivity index (χ3n) is 6.35. The number of likely N-dealkylation sites (N-methyl/N-ethyl adjacent to an activating group) is 1. The van der Waals surface area contributed by atoms with Gasteiger partial charge in [0.05, 0.1) is 6.04 Å². The van der Waals surface area contributed by atoms with E-state index in [0.29, 0.717) is 6.04 Å². The van der Waals surface area contributed by atoms with E-state index in [4.69, 9.17) is 0 Å². The Labute approximate surface area is 150 Å². The van der Waals surface area contributed by atoms with Crippen LogP contribution in [0.3, 0.4) is 0 Å². The number of rotatable bonds is 1. The number of nitrogens with zero attached hydrogens (tertiary/aromatic N) is 2. The third-order valence-corrected chi connectivity index (χ3v) is 6.35. The van der Waals surface area contributed by atoms with Gasteiger partial charge in [0.15, 0.2) is 0 Å². The van der Waals surface area contributed by atoms with E-state index in [1.54, 1.807) is 11.3 Å². The zero-order valence-electron chi connectivity index (χ0n) is 15.4. The van der Waals surface area contributed by atoms with Gasteiger partial charge in [-0.2, -0.15) is 0 Å². The van der Waals surface area contributed by atoms with Gasteiger partial charge in [0.1, 0.15) is 0 Å². The average Bonchev–Trinajstić information content (AvgIpc) is 2.91. The predicted octanol–water partition coefficient (Wildman–Crippen LogP) is 5.04. The van der Waals surface area contributed by atoms with Crippen molar-refractivity contribution in [1.29, 1.82) is 0 Å². The normalized spacial score (nSPS) is 26.0. The molecule has 2 aliphatic heterocycles. The molecule has 3 heterocycles. The van der Waals surface area contributed by atoms with Crippen molar-refractivity contribution in [2.45, 2.75) is 44.7 Å². The van der Waals surface area contributed by atoms with Crippen LogP contribution in [0.1, 0.15) is 48.2 Å². The minimum Gasteiger partial charge on any atom is -0.336 e. The Balaban J connectivity index is 1.85. The predicted molar refractivity (Wildman–Crippen MR) is 104 cm³/mol. The monoisotopic (exact) mass is 330 g/mol. The lowest BCUT2D eigenvalue weighted by molar-refractivity contribution is 0.180. The van der Waals surface area contributed by atoms with Crippen LogP contribution in [0.5, 0.6) is 0 Å². The summed E-state index contributed by atoms with van der Waals surface area (Å²) in [5.41, 5.74) is 7.66. The maximum atomic E-state index is 2.69. The summed E-state index contributed by atoms with van der Waals surface area (Å²) >= 11 is 0. The SMILES string of the molecule is Cc1ccc2c(c1)c1c3n2C(c2ccccc2)CCC3(C)CN(C)C1. The molecule has 0 radical (unpaired) electrons. The zero-order chi connectivity index (χ0) is 17.2. The summed E-state index contributed by atoms with van der Waals surface area (Å²) in [6.07, 6.45) is 2.48. The molecule has 2 heteroatoms. The van der Waals surface area contributed by atoms with Crippen molar-refractivity contribution in [3.63, 3.8) is 0 Å². The van der Waals surface area contributed by atoms with Gasteiger partial charge in [0, 0.05) is 35.1 Å². The van der Waals surface area contributed by atoms with Crippen LogP contribution in [0, 0.1) is 6.92 Å². The maximum Gasteiger partial charge on any atom is 0.0589 e. The molecule has 2 nitrogen and oxygen atoms in total. The molecule has 0 aliphatic carbocycles. The van der Waals surface area contributed by atoms with Crippen molar-refractivity contribution in [2.75, 3.05) is 13.6 Å². The molecule has 2 aliphatic rings. The molecule has 0 saturated heterocycles. The van der Waals surface area contributed by atoms with E-state index in [-0.39, 0.29) is 5.41 Å². The third kappa shape index (κ3) is 2.13. The van der Waals surface area contributed by atoms with E-state index in [1.807, 2.05) is 0 Å². The van der Waals surface area contributed by atoms with Gasteiger partial charge >= 0.3 is 0 Å². The summed E-state index contributed by atoms with van der Waals surface area (Å²) in [4.78, 5) is 2.51. The molecule has 0 fully saturated rings. The molecule has 0 saturated carbocycles. The molecule has 25 heavy (non-hydrogen) atoms. The highest BCUT2D eigenvalue weighted by atomic mass is 15.2. The molecule has 128 valence electrons. The van der Waals surface area contributed by atoms with E-state index in [0.717, 1.165) is 13.1 Å². The highest BCUT2D eigenvalue weighted by Crippen LogP contribution is 2.49. The number of aryl methyl sites for hydroxylation is 1.